The van der Waals surface area contributed by atoms with Crippen LogP contribution in [0, 0.1) is 0 Å². The van der Waals surface area contributed by atoms with Crippen LogP contribution in [0.2, 0.25) is 0 Å². The molecule has 180 valence electrons. The fourth-order valence-corrected chi connectivity index (χ4v) is 3.49. The number of hydrogen-bond acceptors (Lipinski definition) is 6. The molecular formula is C27H36O6. The molecule has 0 aliphatic heterocycles. The SMILES string of the molecule is COc1cc(C(=O)OC(C)(C)C)ccc1C(C)(C)c1ccc(C(=O)OC(C)(C)C)cc1OC. The molecule has 2 aromatic rings. The van der Waals surface area contributed by atoms with Crippen LogP contribution in [0.15, 0.2) is 36.4 Å². The summed E-state index contributed by atoms with van der Waals surface area (Å²) in [5.41, 5.74) is 0.801. The van der Waals surface area contributed by atoms with Crippen LogP contribution in [0.1, 0.15) is 87.2 Å². The van der Waals surface area contributed by atoms with Gasteiger partial charge in [-0.3, -0.25) is 0 Å². The Morgan fingerprint density at radius 1 is 0.606 bits per heavy atom. The minimum Gasteiger partial charge on any atom is -0.496 e. The van der Waals surface area contributed by atoms with Crippen LogP contribution in [-0.4, -0.2) is 37.4 Å². The summed E-state index contributed by atoms with van der Waals surface area (Å²) in [5.74, 6) is 0.289. The highest BCUT2D eigenvalue weighted by molar-refractivity contribution is 5.91. The number of methoxy groups -OCH3 is 2. The third-order valence-corrected chi connectivity index (χ3v) is 5.02. The monoisotopic (exact) mass is 456 g/mol. The summed E-state index contributed by atoms with van der Waals surface area (Å²) in [5, 5.41) is 0. The van der Waals surface area contributed by atoms with E-state index in [1.807, 2.05) is 67.5 Å². The van der Waals surface area contributed by atoms with Crippen molar-refractivity contribution in [3.8, 4) is 11.5 Å². The average Bonchev–Trinajstić information content (AvgIpc) is 2.70. The molecule has 0 unspecified atom stereocenters. The third-order valence-electron chi connectivity index (χ3n) is 5.02. The van der Waals surface area contributed by atoms with Gasteiger partial charge >= 0.3 is 11.9 Å². The lowest BCUT2D eigenvalue weighted by atomic mass is 9.76. The first-order valence-electron chi connectivity index (χ1n) is 10.9. The van der Waals surface area contributed by atoms with Crippen molar-refractivity contribution < 1.29 is 28.5 Å². The Labute approximate surface area is 197 Å². The number of carbonyl (C=O) groups excluding carboxylic acids is 2. The molecule has 0 aliphatic rings. The quantitative estimate of drug-likeness (QED) is 0.501. The van der Waals surface area contributed by atoms with E-state index in [4.69, 9.17) is 18.9 Å². The Hall–Kier alpha value is -3.02. The number of benzene rings is 2. The van der Waals surface area contributed by atoms with Crippen LogP contribution < -0.4 is 9.47 Å². The van der Waals surface area contributed by atoms with Gasteiger partial charge in [-0.2, -0.15) is 0 Å². The predicted octanol–water partition coefficient (Wildman–Crippen LogP) is 5.94. The Morgan fingerprint density at radius 2 is 0.939 bits per heavy atom. The van der Waals surface area contributed by atoms with E-state index in [0.29, 0.717) is 22.6 Å². The van der Waals surface area contributed by atoms with Crippen molar-refractivity contribution in [2.24, 2.45) is 0 Å². The molecule has 0 atom stereocenters. The number of esters is 2. The van der Waals surface area contributed by atoms with Crippen molar-refractivity contribution in [1.82, 2.24) is 0 Å². The van der Waals surface area contributed by atoms with Crippen LogP contribution >= 0.6 is 0 Å². The zero-order chi connectivity index (χ0) is 25.2. The van der Waals surface area contributed by atoms with Crippen LogP contribution in [0.25, 0.3) is 0 Å². The van der Waals surface area contributed by atoms with E-state index in [1.54, 1.807) is 38.5 Å². The maximum atomic E-state index is 12.5. The van der Waals surface area contributed by atoms with E-state index in [1.165, 1.54) is 0 Å². The lowest BCUT2D eigenvalue weighted by Gasteiger charge is -2.30. The molecular weight excluding hydrogens is 420 g/mol. The molecule has 0 saturated heterocycles. The lowest BCUT2D eigenvalue weighted by molar-refractivity contribution is 0.00568. The normalized spacial score (nSPS) is 12.2. The first-order chi connectivity index (χ1) is 15.1. The molecule has 0 aromatic heterocycles. The van der Waals surface area contributed by atoms with E-state index >= 15 is 0 Å². The van der Waals surface area contributed by atoms with Crippen molar-refractivity contribution >= 4 is 11.9 Å². The number of hydrogen-bond donors (Lipinski definition) is 0. The Balaban J connectivity index is 2.48. The molecule has 6 nitrogen and oxygen atoms in total. The highest BCUT2D eigenvalue weighted by Crippen LogP contribution is 2.42. The van der Waals surface area contributed by atoms with Crippen LogP contribution in [0.5, 0.6) is 11.5 Å². The molecule has 2 rings (SSSR count). The van der Waals surface area contributed by atoms with Gasteiger partial charge in [0.25, 0.3) is 0 Å². The van der Waals surface area contributed by atoms with Gasteiger partial charge < -0.3 is 18.9 Å². The first kappa shape index (κ1) is 26.2. The topological polar surface area (TPSA) is 71.1 Å². The van der Waals surface area contributed by atoms with Crippen LogP contribution in [0.3, 0.4) is 0 Å². The fourth-order valence-electron chi connectivity index (χ4n) is 3.49. The van der Waals surface area contributed by atoms with E-state index in [-0.39, 0.29) is 0 Å². The molecule has 0 spiro atoms. The molecule has 0 fully saturated rings. The molecule has 6 heteroatoms. The molecule has 0 heterocycles. The summed E-state index contributed by atoms with van der Waals surface area (Å²) in [4.78, 5) is 25.0. The van der Waals surface area contributed by atoms with E-state index in [9.17, 15) is 9.59 Å². The minimum atomic E-state index is -0.592. The summed E-state index contributed by atoms with van der Waals surface area (Å²) in [7, 11) is 3.13. The Kier molecular flexibility index (Phi) is 7.52. The Morgan fingerprint density at radius 3 is 1.21 bits per heavy atom. The van der Waals surface area contributed by atoms with Crippen molar-refractivity contribution in [2.75, 3.05) is 14.2 Å². The fraction of sp³-hybridized carbons (Fsp3) is 0.481. The molecule has 2 aromatic carbocycles. The number of carbonyl (C=O) groups is 2. The summed E-state index contributed by atoms with van der Waals surface area (Å²) in [6, 6.07) is 10.6. The van der Waals surface area contributed by atoms with Crippen molar-refractivity contribution in [1.29, 1.82) is 0 Å². The van der Waals surface area contributed by atoms with Crippen molar-refractivity contribution in [3.63, 3.8) is 0 Å². The van der Waals surface area contributed by atoms with Crippen molar-refractivity contribution in [2.45, 2.75) is 72.0 Å². The standard InChI is InChI=1S/C27H36O6/c1-25(2,3)32-23(28)17-11-13-19(21(15-17)30-9)27(7,8)20-14-12-18(16-22(20)31-10)24(29)33-26(4,5)6/h11-16H,1-10H3. The van der Waals surface area contributed by atoms with Gasteiger partial charge in [0.05, 0.1) is 25.3 Å². The summed E-state index contributed by atoms with van der Waals surface area (Å²) in [6.45, 7) is 15.0. The minimum absolute atomic E-state index is 0.411. The molecule has 0 aliphatic carbocycles. The second kappa shape index (κ2) is 9.46. The number of rotatable bonds is 6. The van der Waals surface area contributed by atoms with Crippen LogP contribution in [-0.2, 0) is 14.9 Å². The highest BCUT2D eigenvalue weighted by Gasteiger charge is 2.31. The second-order valence-electron chi connectivity index (χ2n) is 10.5. The smallest absolute Gasteiger partial charge is 0.338 e. The summed E-state index contributed by atoms with van der Waals surface area (Å²) >= 11 is 0. The van der Waals surface area contributed by atoms with Gasteiger partial charge in [-0.15, -0.1) is 0 Å². The third kappa shape index (κ3) is 6.50. The van der Waals surface area contributed by atoms with Crippen molar-refractivity contribution in [3.05, 3.63) is 58.7 Å². The van der Waals surface area contributed by atoms with Gasteiger partial charge in [0.2, 0.25) is 0 Å². The molecule has 0 bridgehead atoms. The second-order valence-corrected chi connectivity index (χ2v) is 10.5. The van der Waals surface area contributed by atoms with E-state index in [0.717, 1.165) is 11.1 Å². The largest absolute Gasteiger partial charge is 0.496 e. The maximum Gasteiger partial charge on any atom is 0.338 e. The number of ether oxygens (including phenoxy) is 4. The molecule has 0 amide bonds. The van der Waals surface area contributed by atoms with E-state index in [2.05, 4.69) is 0 Å². The molecule has 0 radical (unpaired) electrons. The average molecular weight is 457 g/mol. The van der Waals surface area contributed by atoms with Gasteiger partial charge in [0.15, 0.2) is 0 Å². The van der Waals surface area contributed by atoms with Gasteiger partial charge in [-0.25, -0.2) is 9.59 Å². The molecule has 0 saturated carbocycles. The highest BCUT2D eigenvalue weighted by atomic mass is 16.6. The lowest BCUT2D eigenvalue weighted by Crippen LogP contribution is -2.25. The van der Waals surface area contributed by atoms with Gasteiger partial charge in [0.1, 0.15) is 22.7 Å². The summed E-state index contributed by atoms with van der Waals surface area (Å²) < 4.78 is 22.2. The van der Waals surface area contributed by atoms with Crippen LogP contribution in [0.4, 0.5) is 0 Å². The first-order valence-corrected chi connectivity index (χ1v) is 10.9. The van der Waals surface area contributed by atoms with Gasteiger partial charge in [-0.05, 0) is 65.8 Å². The predicted molar refractivity (Wildman–Crippen MR) is 128 cm³/mol. The molecule has 33 heavy (non-hydrogen) atoms. The zero-order valence-corrected chi connectivity index (χ0v) is 21.4. The van der Waals surface area contributed by atoms with Gasteiger partial charge in [0, 0.05) is 16.5 Å². The van der Waals surface area contributed by atoms with E-state index < -0.39 is 28.6 Å². The van der Waals surface area contributed by atoms with Gasteiger partial charge in [-0.1, -0.05) is 26.0 Å². The molecule has 0 N–H and O–H groups in total. The Bertz CT molecular complexity index is 940. The maximum absolute atomic E-state index is 12.5. The summed E-state index contributed by atoms with van der Waals surface area (Å²) in [6.07, 6.45) is 0. The zero-order valence-electron chi connectivity index (χ0n) is 21.4.